The van der Waals surface area contributed by atoms with E-state index in [-0.39, 0.29) is 26.5 Å². The van der Waals surface area contributed by atoms with Crippen LogP contribution in [0.5, 0.6) is 5.75 Å². The molecule has 2 N–H and O–H groups in total. The maximum Gasteiger partial charge on any atom is 0.263 e. The van der Waals surface area contributed by atoms with Gasteiger partial charge in [-0.1, -0.05) is 29.3 Å². The first kappa shape index (κ1) is 19.1. The lowest BCUT2D eigenvalue weighted by Gasteiger charge is -2.07. The first-order valence-electron chi connectivity index (χ1n) is 7.49. The van der Waals surface area contributed by atoms with Gasteiger partial charge in [-0.05, 0) is 48.5 Å². The second kappa shape index (κ2) is 7.91. The van der Waals surface area contributed by atoms with Gasteiger partial charge in [0.05, 0.1) is 26.3 Å². The number of phenols is 1. The Hall–Kier alpha value is -2.68. The van der Waals surface area contributed by atoms with E-state index in [4.69, 9.17) is 23.2 Å². The van der Waals surface area contributed by atoms with Gasteiger partial charge in [0.15, 0.2) is 5.75 Å². The summed E-state index contributed by atoms with van der Waals surface area (Å²) in [7, 11) is -3.76. The highest BCUT2D eigenvalue weighted by molar-refractivity contribution is 7.92. The Balaban J connectivity index is 1.77. The quantitative estimate of drug-likeness (QED) is 0.543. The molecule has 138 valence electrons. The minimum atomic E-state index is -3.76. The Morgan fingerprint density at radius 2 is 1.56 bits per heavy atom. The van der Waals surface area contributed by atoms with Crippen molar-refractivity contribution in [1.82, 2.24) is 4.98 Å². The van der Waals surface area contributed by atoms with Gasteiger partial charge < -0.3 is 5.11 Å². The molecule has 0 spiro atoms. The average Bonchev–Trinajstić information content (AvgIpc) is 2.65. The molecule has 3 rings (SSSR count). The summed E-state index contributed by atoms with van der Waals surface area (Å²) < 4.78 is 27.1. The Bertz CT molecular complexity index is 1070. The van der Waals surface area contributed by atoms with Gasteiger partial charge in [0, 0.05) is 6.20 Å². The maximum atomic E-state index is 12.3. The smallest absolute Gasteiger partial charge is 0.263 e. The minimum absolute atomic E-state index is 0.0542. The number of hydrogen-bond donors (Lipinski definition) is 2. The average molecular weight is 423 g/mol. The van der Waals surface area contributed by atoms with Gasteiger partial charge in [-0.25, -0.2) is 13.4 Å². The minimum Gasteiger partial charge on any atom is -0.505 e. The fourth-order valence-corrected chi connectivity index (χ4v) is 3.52. The van der Waals surface area contributed by atoms with Gasteiger partial charge in [0.1, 0.15) is 5.82 Å². The number of phenolic OH excluding ortho intramolecular Hbond substituents is 1. The van der Waals surface area contributed by atoms with E-state index >= 15 is 0 Å². The lowest BCUT2D eigenvalue weighted by atomic mass is 10.3. The van der Waals surface area contributed by atoms with E-state index < -0.39 is 10.0 Å². The van der Waals surface area contributed by atoms with Crippen molar-refractivity contribution >= 4 is 50.4 Å². The molecule has 10 heteroatoms. The van der Waals surface area contributed by atoms with Crippen molar-refractivity contribution in [3.8, 4) is 5.75 Å². The second-order valence-electron chi connectivity index (χ2n) is 5.27. The number of nitrogens with one attached hydrogen (secondary N) is 1. The summed E-state index contributed by atoms with van der Waals surface area (Å²) in [6, 6.07) is 13.5. The van der Waals surface area contributed by atoms with E-state index in [2.05, 4.69) is 19.9 Å². The topological polar surface area (TPSA) is 104 Å². The van der Waals surface area contributed by atoms with Crippen molar-refractivity contribution in [2.24, 2.45) is 10.2 Å². The number of hydrogen-bond acceptors (Lipinski definition) is 6. The molecule has 0 aliphatic rings. The number of nitrogens with zero attached hydrogens (tertiary/aromatic N) is 3. The molecule has 0 atom stereocenters. The van der Waals surface area contributed by atoms with Crippen LogP contribution in [0.25, 0.3) is 0 Å². The molecule has 0 radical (unpaired) electrons. The van der Waals surface area contributed by atoms with Gasteiger partial charge in [0.2, 0.25) is 0 Å². The lowest BCUT2D eigenvalue weighted by Crippen LogP contribution is -2.13. The second-order valence-corrected chi connectivity index (χ2v) is 7.77. The number of anilines is 1. The van der Waals surface area contributed by atoms with Crippen molar-refractivity contribution in [2.75, 3.05) is 4.72 Å². The first-order chi connectivity index (χ1) is 12.8. The van der Waals surface area contributed by atoms with Crippen molar-refractivity contribution < 1.29 is 13.5 Å². The molecule has 3 aromatic rings. The predicted molar refractivity (Wildman–Crippen MR) is 104 cm³/mol. The fourth-order valence-electron chi connectivity index (χ4n) is 2.04. The number of sulfonamides is 1. The summed E-state index contributed by atoms with van der Waals surface area (Å²) >= 11 is 11.6. The Morgan fingerprint density at radius 1 is 0.926 bits per heavy atom. The molecule has 0 aliphatic carbocycles. The molecule has 0 saturated carbocycles. The molecule has 0 amide bonds. The van der Waals surface area contributed by atoms with Crippen molar-refractivity contribution in [3.63, 3.8) is 0 Å². The van der Waals surface area contributed by atoms with Gasteiger partial charge in [0.25, 0.3) is 10.0 Å². The monoisotopic (exact) mass is 422 g/mol. The molecule has 1 aromatic heterocycles. The molecule has 0 fully saturated rings. The Morgan fingerprint density at radius 3 is 2.15 bits per heavy atom. The molecule has 27 heavy (non-hydrogen) atoms. The highest BCUT2D eigenvalue weighted by Gasteiger charge is 2.14. The molecule has 0 unspecified atom stereocenters. The van der Waals surface area contributed by atoms with Crippen molar-refractivity contribution in [3.05, 3.63) is 70.8 Å². The van der Waals surface area contributed by atoms with Crippen LogP contribution < -0.4 is 4.72 Å². The van der Waals surface area contributed by atoms with Crippen LogP contribution in [-0.4, -0.2) is 18.5 Å². The molecule has 0 bridgehead atoms. The fraction of sp³-hybridized carbons (Fsp3) is 0. The molecule has 0 saturated heterocycles. The maximum absolute atomic E-state index is 12.3. The highest BCUT2D eigenvalue weighted by atomic mass is 35.5. The van der Waals surface area contributed by atoms with Crippen LogP contribution >= 0.6 is 23.2 Å². The highest BCUT2D eigenvalue weighted by Crippen LogP contribution is 2.36. The number of azo groups is 1. The molecule has 2 aromatic carbocycles. The third-order valence-electron chi connectivity index (χ3n) is 3.33. The Kier molecular flexibility index (Phi) is 5.59. The third kappa shape index (κ3) is 4.73. The van der Waals surface area contributed by atoms with Gasteiger partial charge in [-0.2, -0.15) is 10.2 Å². The summed E-state index contributed by atoms with van der Waals surface area (Å²) in [5, 5.41) is 17.6. The summed E-state index contributed by atoms with van der Waals surface area (Å²) in [6.45, 7) is 0. The summed E-state index contributed by atoms with van der Waals surface area (Å²) in [4.78, 5) is 3.99. The molecular weight excluding hydrogens is 411 g/mol. The number of rotatable bonds is 5. The zero-order chi connectivity index (χ0) is 19.4. The number of pyridine rings is 1. The van der Waals surface area contributed by atoms with Gasteiger partial charge in [-0.3, -0.25) is 4.72 Å². The van der Waals surface area contributed by atoms with E-state index in [9.17, 15) is 13.5 Å². The summed E-state index contributed by atoms with van der Waals surface area (Å²) in [5.74, 6) is -0.00500. The standard InChI is InChI=1S/C17H12Cl2N4O3S/c18-14-9-12(10-15(19)17(14)24)22-21-11-4-6-13(7-5-11)27(25,26)23-16-3-1-2-8-20-16/h1-10,24H,(H,20,23)/b22-21+. The largest absolute Gasteiger partial charge is 0.505 e. The Labute approximate surface area is 165 Å². The lowest BCUT2D eigenvalue weighted by molar-refractivity contribution is 0.476. The molecule has 0 aliphatic heterocycles. The van der Waals surface area contributed by atoms with Crippen molar-refractivity contribution in [1.29, 1.82) is 0 Å². The number of aromatic hydroxyl groups is 1. The van der Waals surface area contributed by atoms with Crippen molar-refractivity contribution in [2.45, 2.75) is 4.90 Å². The van der Waals surface area contributed by atoms with Crippen LogP contribution in [0.2, 0.25) is 10.0 Å². The zero-order valence-electron chi connectivity index (χ0n) is 13.5. The number of aromatic nitrogens is 1. The van der Waals surface area contributed by atoms with Crippen LogP contribution in [0.1, 0.15) is 0 Å². The normalized spacial score (nSPS) is 11.6. The number of benzene rings is 2. The summed E-state index contributed by atoms with van der Waals surface area (Å²) in [5.41, 5.74) is 0.767. The molecular formula is C17H12Cl2N4O3S. The molecule has 1 heterocycles. The third-order valence-corrected chi connectivity index (χ3v) is 5.28. The predicted octanol–water partition coefficient (Wildman–Crippen LogP) is 5.31. The van der Waals surface area contributed by atoms with E-state index in [0.29, 0.717) is 11.4 Å². The zero-order valence-corrected chi connectivity index (χ0v) is 15.9. The van der Waals surface area contributed by atoms with Crippen LogP contribution in [-0.2, 0) is 10.0 Å². The van der Waals surface area contributed by atoms with Gasteiger partial charge in [-0.15, -0.1) is 0 Å². The number of halogens is 2. The van der Waals surface area contributed by atoms with E-state index in [1.54, 1.807) is 18.2 Å². The van der Waals surface area contributed by atoms with Crippen LogP contribution in [0.3, 0.4) is 0 Å². The van der Waals surface area contributed by atoms with Crippen LogP contribution in [0.4, 0.5) is 17.2 Å². The van der Waals surface area contributed by atoms with Crippen LogP contribution in [0, 0.1) is 0 Å². The SMILES string of the molecule is O=S(=O)(Nc1ccccn1)c1ccc(/N=N/c2cc(Cl)c(O)c(Cl)c2)cc1. The van der Waals surface area contributed by atoms with E-state index in [0.717, 1.165) is 0 Å². The first-order valence-corrected chi connectivity index (χ1v) is 9.73. The van der Waals surface area contributed by atoms with Crippen LogP contribution in [0.15, 0.2) is 75.9 Å². The van der Waals surface area contributed by atoms with E-state index in [1.165, 1.54) is 42.6 Å². The summed E-state index contributed by atoms with van der Waals surface area (Å²) in [6.07, 6.45) is 1.49. The van der Waals surface area contributed by atoms with E-state index in [1.807, 2.05) is 0 Å². The van der Waals surface area contributed by atoms with Gasteiger partial charge >= 0.3 is 0 Å². The molecule has 7 nitrogen and oxygen atoms in total.